The fraction of sp³-hybridized carbons (Fsp3) is 0.628. The highest BCUT2D eigenvalue weighted by Crippen LogP contribution is 2.71. The number of rotatable bonds is 17. The van der Waals surface area contributed by atoms with Gasteiger partial charge in [-0.3, -0.25) is 19.7 Å². The number of esters is 2. The average molecular weight is 1440 g/mol. The van der Waals surface area contributed by atoms with Crippen molar-refractivity contribution in [1.29, 1.82) is 0 Å². The first-order chi connectivity index (χ1) is 46.5. The normalized spacial score (nSPS) is 33.0. The molecule has 0 spiro atoms. The van der Waals surface area contributed by atoms with Gasteiger partial charge < -0.3 is 69.4 Å². The third-order valence-corrected chi connectivity index (χ3v) is 22.2. The predicted molar refractivity (Wildman–Crippen MR) is 404 cm³/mol. The van der Waals surface area contributed by atoms with Gasteiger partial charge in [-0.1, -0.05) is 134 Å². The number of carbonyl (C=O) groups excluding carboxylic acids is 4. The van der Waals surface area contributed by atoms with Crippen LogP contribution < -0.4 is 16.9 Å². The number of amides is 1. The van der Waals surface area contributed by atoms with E-state index in [9.17, 15) is 29.4 Å². The van der Waals surface area contributed by atoms with Crippen molar-refractivity contribution in [3.8, 4) is 0 Å². The number of aryl methyl sites for hydroxylation is 2. The molecule has 6 fully saturated rings. The van der Waals surface area contributed by atoms with Crippen molar-refractivity contribution in [3.05, 3.63) is 107 Å². The van der Waals surface area contributed by atoms with Gasteiger partial charge in [0.05, 0.1) is 32.0 Å². The Kier molecular flexibility index (Phi) is 30.8. The van der Waals surface area contributed by atoms with Crippen LogP contribution in [-0.2, 0) is 52.6 Å². The van der Waals surface area contributed by atoms with Gasteiger partial charge >= 0.3 is 18.0 Å². The van der Waals surface area contributed by atoms with E-state index in [1.807, 2.05) is 102 Å². The molecule has 0 radical (unpaired) electrons. The number of anilines is 2. The molecule has 0 unspecified atom stereocenters. The lowest BCUT2D eigenvalue weighted by molar-refractivity contribution is -0.154. The molecule has 103 heavy (non-hydrogen) atoms. The van der Waals surface area contributed by atoms with Gasteiger partial charge in [0, 0.05) is 86.7 Å². The molecule has 2 aliphatic heterocycles. The van der Waals surface area contributed by atoms with Gasteiger partial charge in [-0.15, -0.1) is 0 Å². The number of aliphatic imine (C=N–C) groups is 2. The summed E-state index contributed by atoms with van der Waals surface area (Å²) >= 11 is 0. The van der Waals surface area contributed by atoms with E-state index in [1.165, 1.54) is 30.6 Å². The molecule has 0 aromatic heterocycles. The number of ether oxygens (including phenoxy) is 5. The smallest absolute Gasteiger partial charge is 0.411 e. The summed E-state index contributed by atoms with van der Waals surface area (Å²) < 4.78 is 28.4. The second-order valence-corrected chi connectivity index (χ2v) is 28.5. The molecule has 6 saturated carbocycles. The molecule has 10 aliphatic rings. The van der Waals surface area contributed by atoms with Crippen LogP contribution in [0.2, 0.25) is 0 Å². The Bertz CT molecular complexity index is 3510. The molecule has 8 aliphatic carbocycles. The zero-order valence-electron chi connectivity index (χ0n) is 58.7. The highest BCUT2D eigenvalue weighted by Gasteiger charge is 2.76. The molecule has 25 heteroatoms. The van der Waals surface area contributed by atoms with Crippen LogP contribution in [0.15, 0.2) is 122 Å². The number of oxime groups is 2. The molecule has 9 N–H and O–H groups in total. The van der Waals surface area contributed by atoms with Gasteiger partial charge in [0.25, 0.3) is 0 Å². The number of nitrogen functional groups attached to an aromatic ring is 1. The van der Waals surface area contributed by atoms with Gasteiger partial charge in [0.2, 0.25) is 5.78 Å². The monoisotopic (exact) mass is 1440 g/mol. The summed E-state index contributed by atoms with van der Waals surface area (Å²) in [4.78, 5) is 73.8. The van der Waals surface area contributed by atoms with Gasteiger partial charge in [-0.25, -0.2) is 20.7 Å². The number of carbonyl (C=O) groups is 4. The number of allylic oxidation sites excluding steroid dienone is 8. The fourth-order valence-electron chi connectivity index (χ4n) is 18.3. The minimum absolute atomic E-state index is 0. The van der Waals surface area contributed by atoms with Crippen molar-refractivity contribution in [2.75, 3.05) is 78.0 Å². The maximum atomic E-state index is 13.8. The number of hydrogen-bond acceptors (Lipinski definition) is 24. The van der Waals surface area contributed by atoms with E-state index in [0.717, 1.165) is 49.1 Å². The summed E-state index contributed by atoms with van der Waals surface area (Å²) in [7, 11) is 3.70. The third-order valence-electron chi connectivity index (χ3n) is 22.2. The Morgan fingerprint density at radius 3 is 1.52 bits per heavy atom. The molecule has 0 saturated heterocycles. The fourth-order valence-corrected chi connectivity index (χ4v) is 18.3. The summed E-state index contributed by atoms with van der Waals surface area (Å²) in [5.74, 6) is 5.10. The molecule has 16 atom stereocenters. The number of ketones is 1. The molecule has 0 bridgehead atoms. The average Bonchev–Trinajstić information content (AvgIpc) is 1.54. The number of hydrogen-bond donors (Lipinski definition) is 7. The van der Waals surface area contributed by atoms with Gasteiger partial charge in [-0.05, 0) is 137 Å². The van der Waals surface area contributed by atoms with Crippen molar-refractivity contribution in [2.24, 2.45) is 88.5 Å². The maximum Gasteiger partial charge on any atom is 0.411 e. The van der Waals surface area contributed by atoms with E-state index < -0.39 is 57.7 Å². The molecular weight excluding hydrogens is 1320 g/mol. The minimum atomic E-state index is -1.19. The van der Waals surface area contributed by atoms with E-state index in [2.05, 4.69) is 72.3 Å². The van der Waals surface area contributed by atoms with Crippen molar-refractivity contribution in [1.82, 2.24) is 5.01 Å². The Morgan fingerprint density at radius 2 is 1.08 bits per heavy atom. The molecule has 574 valence electrons. The number of aliphatic hydroxyl groups excluding tert-OH is 4. The van der Waals surface area contributed by atoms with Crippen LogP contribution in [0.1, 0.15) is 155 Å². The van der Waals surface area contributed by atoms with E-state index >= 15 is 0 Å². The number of hydrazone groups is 1. The molecule has 2 heterocycles. The van der Waals surface area contributed by atoms with Crippen LogP contribution in [0, 0.1) is 71.0 Å². The van der Waals surface area contributed by atoms with Gasteiger partial charge in [0.15, 0.2) is 30.5 Å². The standard InChI is InChI=1S/C35H43N3O8.C29H42N4O6.C7H9N.C2H7NO2.5CH4/c1-20-6-9-24(10-7-20)36-32(42)43-14-15-45-38-25-12-13-33(4)23(16-25)8-11-26-27-17-30-35(37-21(2)46-30,29(41)19-44-22(3)39)34(27,5)18-28(40)31(26)33;1-17-30-29(24(31-33(5)6)16-37-18(2)35)25(39-17)14-22-21-8-7-19-13-20(32-38-12-11-34)9-10-27(19,3)26(21)23(36)15-28(22,29)4;1-6-2-4-7(8)5-3-6;3-5-2-1-4;;;;;/h6-7,9-10,12-13,16,26-28,30-31,40H,8,11,14-15,17-19H2,1-5H3,(H,36,42);9-10,13,21-23,25-26,34,36H,7-8,11-12,14-16H2,1-6H3;2-5H,8H2,1H3;4H,1-3H2;5*1H4/b38-25+;31-24-,32-20+;;;;;;;/t26-,27-,28-,30+,31+,33-,34-,35+;21-,22-,23-,25+,26+,27-,28-,29+;;;;;;;/m00......./s1. The third kappa shape index (κ3) is 17.6. The maximum absolute atomic E-state index is 13.8. The van der Waals surface area contributed by atoms with E-state index in [4.69, 9.17) is 64.4 Å². The summed E-state index contributed by atoms with van der Waals surface area (Å²) in [6.07, 6.45) is 15.7. The number of aliphatic hydroxyl groups is 4. The van der Waals surface area contributed by atoms with Crippen LogP contribution in [0.4, 0.5) is 16.2 Å². The first kappa shape index (κ1) is 87.6. The molecule has 2 aromatic rings. The molecule has 25 nitrogen and oxygen atoms in total. The Balaban J connectivity index is 0.000000359. The number of nitrogens with two attached hydrogens (primary N) is 2. The van der Waals surface area contributed by atoms with Crippen LogP contribution in [0.3, 0.4) is 0 Å². The topological polar surface area (TPSA) is 352 Å². The molecule has 12 rings (SSSR count). The first-order valence-corrected chi connectivity index (χ1v) is 34.0. The number of nitrogens with one attached hydrogen (secondary N) is 1. The van der Waals surface area contributed by atoms with Crippen LogP contribution in [-0.4, -0.2) is 181 Å². The highest BCUT2D eigenvalue weighted by atomic mass is 16.6. The lowest BCUT2D eigenvalue weighted by atomic mass is 9.46. The van der Waals surface area contributed by atoms with Gasteiger partial charge in [0.1, 0.15) is 54.7 Å². The highest BCUT2D eigenvalue weighted by molar-refractivity contribution is 6.06. The lowest BCUT2D eigenvalue weighted by Gasteiger charge is -2.59. The molecule has 1 amide bonds. The largest absolute Gasteiger partial charge is 0.475 e. The number of Topliss-reactive ketones (excluding diaryl/α,β-unsaturated/α-hetero) is 1. The number of nitrogens with zero attached hydrogens (tertiary/aromatic N) is 6. The summed E-state index contributed by atoms with van der Waals surface area (Å²) in [6.45, 7) is 19.1. The summed E-state index contributed by atoms with van der Waals surface area (Å²) in [5, 5.41) is 58.4. The second-order valence-electron chi connectivity index (χ2n) is 28.5. The molecular formula is C78H121N9O16. The van der Waals surface area contributed by atoms with Crippen LogP contribution in [0.5, 0.6) is 0 Å². The van der Waals surface area contributed by atoms with Crippen molar-refractivity contribution < 1.29 is 77.8 Å². The Morgan fingerprint density at radius 1 is 0.631 bits per heavy atom. The quantitative estimate of drug-likeness (QED) is 0.0193. The molecule has 2 aromatic carbocycles. The number of benzene rings is 2. The Labute approximate surface area is 611 Å². The lowest BCUT2D eigenvalue weighted by Crippen LogP contribution is -2.62. The zero-order valence-corrected chi connectivity index (χ0v) is 58.7. The number of fused-ring (bicyclic) bond motifs is 14. The summed E-state index contributed by atoms with van der Waals surface area (Å²) in [5.41, 5.74) is 9.95. The summed E-state index contributed by atoms with van der Waals surface area (Å²) in [6, 6.07) is 15.2. The van der Waals surface area contributed by atoms with E-state index in [0.29, 0.717) is 48.2 Å². The van der Waals surface area contributed by atoms with E-state index in [-0.39, 0.29) is 149 Å². The first-order valence-electron chi connectivity index (χ1n) is 34.0. The predicted octanol–water partition coefficient (Wildman–Crippen LogP) is 11.3. The van der Waals surface area contributed by atoms with Crippen LogP contribution >= 0.6 is 0 Å². The van der Waals surface area contributed by atoms with Crippen molar-refractivity contribution in [2.45, 2.75) is 193 Å². The van der Waals surface area contributed by atoms with E-state index in [1.54, 1.807) is 11.9 Å². The SMILES string of the molecule is C.C.C.C.C.CC(=O)OC/C(=N/N(C)C)[C@@]12N=C(C)O[C@@H]1C[C@H]1[C@@H]3CCC4=C/C(=N/OCCO)C=C[C@]4(C)[C@H]3[C@@H](O)C[C@@]12C.CC(=O)OCC(=O)[C@@]12N=C(C)O[C@@H]1C[C@H]1[C@@H]3CCC4=C/C(=N/OCCOC(=O)Nc5ccc(C)cc5)C=C[C@]4(C)[C@H]3[C@@H](O)C[C@@]12C.Cc1ccc(N)cc1.NOCCO. The Hall–Kier alpha value is -7.81. The van der Waals surface area contributed by atoms with Crippen molar-refractivity contribution in [3.63, 3.8) is 0 Å². The van der Waals surface area contributed by atoms with Gasteiger partial charge in [-0.2, -0.15) is 5.10 Å². The second kappa shape index (κ2) is 36.3. The van der Waals surface area contributed by atoms with Crippen LogP contribution in [0.25, 0.3) is 0 Å². The van der Waals surface area contributed by atoms with Crippen molar-refractivity contribution >= 4 is 64.1 Å². The minimum Gasteiger partial charge on any atom is -0.475 e. The zero-order chi connectivity index (χ0) is 71.1.